The Morgan fingerprint density at radius 3 is 2.67 bits per heavy atom. The number of nitrogens with one attached hydrogen (secondary N) is 1. The van der Waals surface area contributed by atoms with Crippen LogP contribution in [0.1, 0.15) is 6.92 Å². The topological polar surface area (TPSA) is 47.6 Å². The van der Waals surface area contributed by atoms with Crippen LogP contribution in [0.15, 0.2) is 18.2 Å². The van der Waals surface area contributed by atoms with E-state index in [2.05, 4.69) is 10.1 Å². The molecule has 1 N–H and O–H groups in total. The van der Waals surface area contributed by atoms with Gasteiger partial charge in [0.2, 0.25) is 5.82 Å². The summed E-state index contributed by atoms with van der Waals surface area (Å²) in [6.07, 6.45) is 0. The summed E-state index contributed by atoms with van der Waals surface area (Å²) >= 11 is 0. The van der Waals surface area contributed by atoms with E-state index >= 15 is 0 Å². The Labute approximate surface area is 104 Å². The minimum absolute atomic E-state index is 0.184. The molecule has 0 heterocycles. The van der Waals surface area contributed by atoms with Gasteiger partial charge >= 0.3 is 5.97 Å². The van der Waals surface area contributed by atoms with E-state index < -0.39 is 23.1 Å². The number of carbonyl (C=O) groups excluding carboxylic acids is 1. The van der Waals surface area contributed by atoms with Gasteiger partial charge in [-0.05, 0) is 26.1 Å². The minimum Gasteiger partial charge on any atom is -0.488 e. The Kier molecular flexibility index (Phi) is 4.61. The normalized spacial score (nSPS) is 13.8. The van der Waals surface area contributed by atoms with Gasteiger partial charge in [0, 0.05) is 0 Å². The molecular formula is C12H15F2NO3. The van der Waals surface area contributed by atoms with E-state index in [0.29, 0.717) is 0 Å². The zero-order valence-electron chi connectivity index (χ0n) is 10.4. The number of ether oxygens (including phenoxy) is 2. The highest BCUT2D eigenvalue weighted by molar-refractivity contribution is 5.80. The third kappa shape index (κ3) is 2.95. The predicted octanol–water partition coefficient (Wildman–Crippen LogP) is 1.49. The van der Waals surface area contributed by atoms with Crippen LogP contribution >= 0.6 is 0 Å². The summed E-state index contributed by atoms with van der Waals surface area (Å²) in [6, 6.07) is 3.59. The first-order valence-corrected chi connectivity index (χ1v) is 5.28. The first-order valence-electron chi connectivity index (χ1n) is 5.28. The highest BCUT2D eigenvalue weighted by Crippen LogP contribution is 2.20. The van der Waals surface area contributed by atoms with Gasteiger partial charge in [0.05, 0.1) is 7.11 Å². The van der Waals surface area contributed by atoms with E-state index in [4.69, 9.17) is 4.74 Å². The second-order valence-electron chi connectivity index (χ2n) is 3.91. The molecule has 0 spiro atoms. The molecule has 6 heteroatoms. The van der Waals surface area contributed by atoms with Gasteiger partial charge in [0.15, 0.2) is 11.6 Å². The van der Waals surface area contributed by atoms with Crippen molar-refractivity contribution in [2.75, 3.05) is 20.8 Å². The highest BCUT2D eigenvalue weighted by Gasteiger charge is 2.34. The van der Waals surface area contributed by atoms with Gasteiger partial charge in [-0.25, -0.2) is 9.18 Å². The zero-order valence-corrected chi connectivity index (χ0v) is 10.4. The molecule has 4 nitrogen and oxygen atoms in total. The largest absolute Gasteiger partial charge is 0.488 e. The lowest BCUT2D eigenvalue weighted by Gasteiger charge is -2.26. The predicted molar refractivity (Wildman–Crippen MR) is 61.3 cm³/mol. The quantitative estimate of drug-likeness (QED) is 0.814. The highest BCUT2D eigenvalue weighted by atomic mass is 19.2. The maximum absolute atomic E-state index is 13.3. The zero-order chi connectivity index (χ0) is 13.8. The summed E-state index contributed by atoms with van der Waals surface area (Å²) < 4.78 is 36.0. The Morgan fingerprint density at radius 1 is 1.44 bits per heavy atom. The van der Waals surface area contributed by atoms with Crippen LogP contribution in [0.25, 0.3) is 0 Å². The lowest BCUT2D eigenvalue weighted by Crippen LogP contribution is -2.52. The molecule has 0 aliphatic carbocycles. The lowest BCUT2D eigenvalue weighted by molar-refractivity contribution is -0.149. The van der Waals surface area contributed by atoms with Crippen molar-refractivity contribution in [3.63, 3.8) is 0 Å². The van der Waals surface area contributed by atoms with Crippen LogP contribution in [-0.2, 0) is 9.53 Å². The maximum Gasteiger partial charge on any atom is 0.329 e. The van der Waals surface area contributed by atoms with Crippen LogP contribution in [-0.4, -0.2) is 32.3 Å². The van der Waals surface area contributed by atoms with E-state index in [0.717, 1.165) is 6.07 Å². The molecule has 0 saturated carbocycles. The number of benzene rings is 1. The van der Waals surface area contributed by atoms with Crippen LogP contribution in [0, 0.1) is 11.6 Å². The molecule has 0 aliphatic heterocycles. The van der Waals surface area contributed by atoms with Crippen molar-refractivity contribution >= 4 is 5.97 Å². The van der Waals surface area contributed by atoms with Gasteiger partial charge in [-0.15, -0.1) is 0 Å². The van der Waals surface area contributed by atoms with Gasteiger partial charge < -0.3 is 14.8 Å². The molecule has 0 bridgehead atoms. The van der Waals surface area contributed by atoms with E-state index in [1.165, 1.54) is 26.2 Å². The molecule has 1 aromatic carbocycles. The molecule has 18 heavy (non-hydrogen) atoms. The molecule has 0 fully saturated rings. The van der Waals surface area contributed by atoms with E-state index in [1.54, 1.807) is 7.05 Å². The molecule has 1 unspecified atom stereocenters. The van der Waals surface area contributed by atoms with Crippen molar-refractivity contribution in [1.29, 1.82) is 0 Å². The number of hydrogen-bond donors (Lipinski definition) is 1. The number of halogens is 2. The van der Waals surface area contributed by atoms with Crippen LogP contribution < -0.4 is 10.1 Å². The van der Waals surface area contributed by atoms with Crippen molar-refractivity contribution in [2.24, 2.45) is 0 Å². The summed E-state index contributed by atoms with van der Waals surface area (Å²) in [5.74, 6) is -2.89. The molecule has 0 amide bonds. The van der Waals surface area contributed by atoms with Gasteiger partial charge in [0.25, 0.3) is 0 Å². The smallest absolute Gasteiger partial charge is 0.329 e. The number of carbonyl (C=O) groups is 1. The van der Waals surface area contributed by atoms with Crippen LogP contribution in [0.4, 0.5) is 8.78 Å². The second-order valence-corrected chi connectivity index (χ2v) is 3.91. The SMILES string of the molecule is CNC(C)(COc1cccc(F)c1F)C(=O)OC. The van der Waals surface area contributed by atoms with Crippen molar-refractivity contribution in [3.05, 3.63) is 29.8 Å². The van der Waals surface area contributed by atoms with Crippen LogP contribution in [0.3, 0.4) is 0 Å². The third-order valence-electron chi connectivity index (χ3n) is 2.62. The Balaban J connectivity index is 2.80. The molecule has 1 atom stereocenters. The van der Waals surface area contributed by atoms with Gasteiger partial charge in [-0.1, -0.05) is 6.07 Å². The van der Waals surface area contributed by atoms with Crippen LogP contribution in [0.2, 0.25) is 0 Å². The Hall–Kier alpha value is -1.69. The van der Waals surface area contributed by atoms with Crippen molar-refractivity contribution in [2.45, 2.75) is 12.5 Å². The lowest BCUT2D eigenvalue weighted by atomic mass is 10.1. The number of rotatable bonds is 5. The summed E-state index contributed by atoms with van der Waals surface area (Å²) in [4.78, 5) is 11.5. The molecule has 0 aliphatic rings. The average molecular weight is 259 g/mol. The van der Waals surface area contributed by atoms with Crippen molar-refractivity contribution in [1.82, 2.24) is 5.32 Å². The van der Waals surface area contributed by atoms with E-state index in [9.17, 15) is 13.6 Å². The fraction of sp³-hybridized carbons (Fsp3) is 0.417. The fourth-order valence-electron chi connectivity index (χ4n) is 1.28. The van der Waals surface area contributed by atoms with Gasteiger partial charge in [0.1, 0.15) is 12.1 Å². The molecule has 0 saturated heterocycles. The van der Waals surface area contributed by atoms with E-state index in [-0.39, 0.29) is 12.4 Å². The molecule has 0 radical (unpaired) electrons. The molecular weight excluding hydrogens is 244 g/mol. The number of likely N-dealkylation sites (N-methyl/N-ethyl adjacent to an activating group) is 1. The number of hydrogen-bond acceptors (Lipinski definition) is 4. The van der Waals surface area contributed by atoms with Gasteiger partial charge in [-0.2, -0.15) is 4.39 Å². The minimum atomic E-state index is -1.13. The van der Waals surface area contributed by atoms with Crippen molar-refractivity contribution in [3.8, 4) is 5.75 Å². The molecule has 0 aromatic heterocycles. The summed E-state index contributed by atoms with van der Waals surface area (Å²) in [7, 11) is 2.78. The number of esters is 1. The average Bonchev–Trinajstić information content (AvgIpc) is 2.39. The van der Waals surface area contributed by atoms with Gasteiger partial charge in [-0.3, -0.25) is 0 Å². The molecule has 100 valence electrons. The molecule has 1 rings (SSSR count). The monoisotopic (exact) mass is 259 g/mol. The Bertz CT molecular complexity index is 439. The molecule has 1 aromatic rings. The first-order chi connectivity index (χ1) is 8.44. The standard InChI is InChI=1S/C12H15F2NO3/c1-12(15-2,11(16)17-3)7-18-9-6-4-5-8(13)10(9)14/h4-6,15H,7H2,1-3H3. The second kappa shape index (κ2) is 5.77. The number of methoxy groups -OCH3 is 1. The summed E-state index contributed by atoms with van der Waals surface area (Å²) in [5.41, 5.74) is -1.13. The Morgan fingerprint density at radius 2 is 2.11 bits per heavy atom. The van der Waals surface area contributed by atoms with E-state index in [1.807, 2.05) is 0 Å². The van der Waals surface area contributed by atoms with Crippen molar-refractivity contribution < 1.29 is 23.0 Å². The first kappa shape index (κ1) is 14.4. The maximum atomic E-state index is 13.3. The third-order valence-corrected chi connectivity index (χ3v) is 2.62. The van der Waals surface area contributed by atoms with Crippen LogP contribution in [0.5, 0.6) is 5.75 Å². The fourth-order valence-corrected chi connectivity index (χ4v) is 1.28. The summed E-state index contributed by atoms with van der Waals surface area (Å²) in [6.45, 7) is 1.35. The summed E-state index contributed by atoms with van der Waals surface area (Å²) in [5, 5.41) is 2.72.